The van der Waals surface area contributed by atoms with Crippen LogP contribution < -0.4 is 4.90 Å². The minimum absolute atomic E-state index is 0.0680. The van der Waals surface area contributed by atoms with Crippen LogP contribution in [0.2, 0.25) is 0 Å². The minimum Gasteiger partial charge on any atom is -0.364 e. The van der Waals surface area contributed by atoms with Gasteiger partial charge in [0.15, 0.2) is 0 Å². The second-order valence-electron chi connectivity index (χ2n) is 4.92. The first kappa shape index (κ1) is 13.3. The second-order valence-corrected chi connectivity index (χ2v) is 4.92. The monoisotopic (exact) mass is 260 g/mol. The van der Waals surface area contributed by atoms with E-state index in [1.807, 2.05) is 25.1 Å². The van der Waals surface area contributed by atoms with E-state index < -0.39 is 0 Å². The Morgan fingerprint density at radius 3 is 2.79 bits per heavy atom. The summed E-state index contributed by atoms with van der Waals surface area (Å²) in [5.41, 5.74) is 1.07. The summed E-state index contributed by atoms with van der Waals surface area (Å²) in [6.45, 7) is 1.53. The van der Waals surface area contributed by atoms with Gasteiger partial charge in [-0.25, -0.2) is 0 Å². The predicted molar refractivity (Wildman–Crippen MR) is 72.1 cm³/mol. The maximum Gasteiger partial charge on any atom is 0.292 e. The van der Waals surface area contributed by atoms with Crippen molar-refractivity contribution in [2.45, 2.75) is 12.5 Å². The van der Waals surface area contributed by atoms with Crippen molar-refractivity contribution in [1.29, 1.82) is 5.26 Å². The van der Waals surface area contributed by atoms with Crippen molar-refractivity contribution in [2.75, 3.05) is 32.1 Å². The van der Waals surface area contributed by atoms with E-state index in [4.69, 9.17) is 5.26 Å². The topological polar surface area (TPSA) is 73.4 Å². The average Bonchev–Trinajstić information content (AvgIpc) is 2.87. The van der Waals surface area contributed by atoms with Gasteiger partial charge in [-0.15, -0.1) is 0 Å². The molecule has 0 aromatic heterocycles. The third kappa shape index (κ3) is 2.66. The maximum atomic E-state index is 11.1. The Hall–Kier alpha value is -2.13. The molecule has 1 aromatic rings. The number of rotatable bonds is 3. The molecular formula is C13H16N4O2. The van der Waals surface area contributed by atoms with Crippen molar-refractivity contribution in [3.63, 3.8) is 0 Å². The smallest absolute Gasteiger partial charge is 0.292 e. The highest BCUT2D eigenvalue weighted by Gasteiger charge is 2.28. The summed E-state index contributed by atoms with van der Waals surface area (Å²) >= 11 is 0. The van der Waals surface area contributed by atoms with Crippen LogP contribution in [0, 0.1) is 21.4 Å². The molecule has 1 atom stereocenters. The van der Waals surface area contributed by atoms with Crippen LogP contribution in [0.4, 0.5) is 11.4 Å². The Bertz CT molecular complexity index is 536. The first-order valence-electron chi connectivity index (χ1n) is 6.13. The van der Waals surface area contributed by atoms with Crippen molar-refractivity contribution in [3.05, 3.63) is 33.9 Å². The number of nitriles is 1. The van der Waals surface area contributed by atoms with Crippen molar-refractivity contribution in [2.24, 2.45) is 0 Å². The highest BCUT2D eigenvalue weighted by molar-refractivity contribution is 5.66. The first-order valence-corrected chi connectivity index (χ1v) is 6.13. The van der Waals surface area contributed by atoms with E-state index in [-0.39, 0.29) is 10.6 Å². The van der Waals surface area contributed by atoms with Crippen molar-refractivity contribution >= 4 is 11.4 Å². The average molecular weight is 260 g/mol. The lowest BCUT2D eigenvalue weighted by Crippen LogP contribution is -2.31. The van der Waals surface area contributed by atoms with Crippen molar-refractivity contribution < 1.29 is 4.92 Å². The van der Waals surface area contributed by atoms with E-state index in [1.54, 1.807) is 6.07 Å². The summed E-state index contributed by atoms with van der Waals surface area (Å²) < 4.78 is 0. The van der Waals surface area contributed by atoms with Crippen LogP contribution in [0.3, 0.4) is 0 Å². The van der Waals surface area contributed by atoms with E-state index in [0.29, 0.717) is 17.3 Å². The molecule has 1 aliphatic heterocycles. The van der Waals surface area contributed by atoms with Crippen molar-refractivity contribution in [1.82, 2.24) is 4.90 Å². The fraction of sp³-hybridized carbons (Fsp3) is 0.462. The van der Waals surface area contributed by atoms with Crippen LogP contribution in [0.5, 0.6) is 0 Å². The summed E-state index contributed by atoms with van der Waals surface area (Å²) in [6, 6.07) is 6.93. The second kappa shape index (κ2) is 5.24. The van der Waals surface area contributed by atoms with Crippen LogP contribution in [-0.2, 0) is 0 Å². The van der Waals surface area contributed by atoms with Gasteiger partial charge in [-0.05, 0) is 32.6 Å². The van der Waals surface area contributed by atoms with Crippen LogP contribution in [-0.4, -0.2) is 43.0 Å². The third-order valence-electron chi connectivity index (χ3n) is 3.54. The van der Waals surface area contributed by atoms with Gasteiger partial charge in [-0.2, -0.15) is 5.26 Å². The molecule has 19 heavy (non-hydrogen) atoms. The Labute approximate surface area is 112 Å². The quantitative estimate of drug-likeness (QED) is 0.609. The molecule has 1 heterocycles. The summed E-state index contributed by atoms with van der Waals surface area (Å²) in [7, 11) is 4.02. The van der Waals surface area contributed by atoms with Gasteiger partial charge in [-0.1, -0.05) is 0 Å². The third-order valence-corrected chi connectivity index (χ3v) is 3.54. The molecule has 0 radical (unpaired) electrons. The largest absolute Gasteiger partial charge is 0.364 e. The molecule has 1 saturated heterocycles. The first-order chi connectivity index (χ1) is 9.02. The van der Waals surface area contributed by atoms with Crippen LogP contribution in [0.25, 0.3) is 0 Å². The van der Waals surface area contributed by atoms with Gasteiger partial charge >= 0.3 is 0 Å². The van der Waals surface area contributed by atoms with Gasteiger partial charge in [0.25, 0.3) is 5.69 Å². The Morgan fingerprint density at radius 2 is 2.26 bits per heavy atom. The van der Waals surface area contributed by atoms with Gasteiger partial charge in [-0.3, -0.25) is 10.1 Å². The zero-order valence-corrected chi connectivity index (χ0v) is 11.0. The van der Waals surface area contributed by atoms with Crippen molar-refractivity contribution in [3.8, 4) is 6.07 Å². The van der Waals surface area contributed by atoms with Gasteiger partial charge < -0.3 is 9.80 Å². The SMILES string of the molecule is CN(C)C1CCN(c2cc(C#N)ccc2[N+](=O)[O-])C1. The van der Waals surface area contributed by atoms with E-state index in [1.165, 1.54) is 12.1 Å². The van der Waals surface area contributed by atoms with E-state index >= 15 is 0 Å². The number of benzene rings is 1. The fourth-order valence-corrected chi connectivity index (χ4v) is 2.38. The lowest BCUT2D eigenvalue weighted by molar-refractivity contribution is -0.384. The maximum absolute atomic E-state index is 11.1. The lowest BCUT2D eigenvalue weighted by atomic mass is 10.1. The molecule has 1 fully saturated rings. The number of hydrogen-bond acceptors (Lipinski definition) is 5. The molecule has 0 N–H and O–H groups in total. The van der Waals surface area contributed by atoms with Gasteiger partial charge in [0.05, 0.1) is 16.6 Å². The molecular weight excluding hydrogens is 244 g/mol. The molecule has 0 aliphatic carbocycles. The summed E-state index contributed by atoms with van der Waals surface area (Å²) in [4.78, 5) is 14.8. The highest BCUT2D eigenvalue weighted by atomic mass is 16.6. The molecule has 6 nitrogen and oxygen atoms in total. The molecule has 1 unspecified atom stereocenters. The zero-order valence-electron chi connectivity index (χ0n) is 11.0. The molecule has 0 saturated carbocycles. The molecule has 2 rings (SSSR count). The molecule has 1 aliphatic rings. The Kier molecular flexibility index (Phi) is 3.67. The van der Waals surface area contributed by atoms with Crippen LogP contribution >= 0.6 is 0 Å². The van der Waals surface area contributed by atoms with Crippen LogP contribution in [0.1, 0.15) is 12.0 Å². The standard InChI is InChI=1S/C13H16N4O2/c1-15(2)11-5-6-16(9-11)13-7-10(8-14)3-4-12(13)17(18)19/h3-4,7,11H,5-6,9H2,1-2H3. The number of hydrogen-bond donors (Lipinski definition) is 0. The molecule has 0 spiro atoms. The van der Waals surface area contributed by atoms with Gasteiger partial charge in [0.1, 0.15) is 5.69 Å². The molecule has 100 valence electrons. The summed E-state index contributed by atoms with van der Waals surface area (Å²) in [6.07, 6.45) is 0.973. The van der Waals surface area contributed by atoms with Crippen LogP contribution in [0.15, 0.2) is 18.2 Å². The number of anilines is 1. The normalized spacial score (nSPS) is 18.6. The Balaban J connectivity index is 2.33. The number of nitro benzene ring substituents is 1. The summed E-state index contributed by atoms with van der Waals surface area (Å²) in [5.74, 6) is 0. The van der Waals surface area contributed by atoms with Gasteiger partial charge in [0.2, 0.25) is 0 Å². The molecule has 0 amide bonds. The van der Waals surface area contributed by atoms with E-state index in [2.05, 4.69) is 4.90 Å². The zero-order chi connectivity index (χ0) is 14.0. The number of likely N-dealkylation sites (N-methyl/N-ethyl adjacent to an activating group) is 1. The Morgan fingerprint density at radius 1 is 1.53 bits per heavy atom. The molecule has 1 aromatic carbocycles. The molecule has 0 bridgehead atoms. The number of nitro groups is 1. The predicted octanol–water partition coefficient (Wildman–Crippen LogP) is 1.61. The molecule has 6 heteroatoms. The fourth-order valence-electron chi connectivity index (χ4n) is 2.38. The summed E-state index contributed by atoms with van der Waals surface area (Å²) in [5, 5.41) is 20.0. The lowest BCUT2D eigenvalue weighted by Gasteiger charge is -2.21. The highest BCUT2D eigenvalue weighted by Crippen LogP contribution is 2.32. The minimum atomic E-state index is -0.389. The van der Waals surface area contributed by atoms with E-state index in [9.17, 15) is 10.1 Å². The number of nitrogens with zero attached hydrogens (tertiary/aromatic N) is 4. The van der Waals surface area contributed by atoms with E-state index in [0.717, 1.165) is 19.5 Å². The van der Waals surface area contributed by atoms with Gasteiger partial charge in [0, 0.05) is 25.2 Å².